The van der Waals surface area contributed by atoms with Crippen molar-refractivity contribution in [1.82, 2.24) is 10.6 Å². The summed E-state index contributed by atoms with van der Waals surface area (Å²) < 4.78 is 0. The molecule has 0 radical (unpaired) electrons. The molecule has 5 atom stereocenters. The van der Waals surface area contributed by atoms with Gasteiger partial charge in [-0.25, -0.2) is 0 Å². The van der Waals surface area contributed by atoms with Gasteiger partial charge in [-0.2, -0.15) is 0 Å². The standard InChI is InChI=1S/C13H18N2O4/c16-9-4-8(5-14-9)12(17)15-11-7-2-1-6(3-7)10(11)13(18)19/h6-8,10-11H,1-5H2,(H,14,16)(H,15,17)(H,18,19). The summed E-state index contributed by atoms with van der Waals surface area (Å²) >= 11 is 0. The molecular formula is C13H18N2O4. The van der Waals surface area contributed by atoms with Crippen LogP contribution < -0.4 is 10.6 Å². The van der Waals surface area contributed by atoms with Gasteiger partial charge < -0.3 is 15.7 Å². The van der Waals surface area contributed by atoms with Crippen LogP contribution in [0.1, 0.15) is 25.7 Å². The van der Waals surface area contributed by atoms with Gasteiger partial charge in [-0.1, -0.05) is 0 Å². The minimum Gasteiger partial charge on any atom is -0.481 e. The predicted octanol–water partition coefficient (Wildman–Crippen LogP) is -0.262. The van der Waals surface area contributed by atoms with E-state index in [4.69, 9.17) is 0 Å². The summed E-state index contributed by atoms with van der Waals surface area (Å²) in [6.07, 6.45) is 3.08. The summed E-state index contributed by atoms with van der Waals surface area (Å²) in [6.45, 7) is 0.364. The Morgan fingerprint density at radius 1 is 1.26 bits per heavy atom. The molecule has 2 amide bonds. The Morgan fingerprint density at radius 2 is 2.00 bits per heavy atom. The molecule has 1 saturated heterocycles. The largest absolute Gasteiger partial charge is 0.481 e. The number of aliphatic carboxylic acids is 1. The second-order valence-corrected chi connectivity index (χ2v) is 5.94. The molecule has 3 aliphatic rings. The lowest BCUT2D eigenvalue weighted by molar-refractivity contribution is -0.145. The van der Waals surface area contributed by atoms with Gasteiger partial charge in [-0.15, -0.1) is 0 Å². The van der Waals surface area contributed by atoms with Crippen molar-refractivity contribution in [3.05, 3.63) is 0 Å². The van der Waals surface area contributed by atoms with E-state index in [0.717, 1.165) is 19.3 Å². The number of carboxylic acids is 1. The first-order chi connectivity index (χ1) is 9.06. The highest BCUT2D eigenvalue weighted by Gasteiger charge is 2.52. The molecule has 1 heterocycles. The van der Waals surface area contributed by atoms with Crippen molar-refractivity contribution in [2.45, 2.75) is 31.7 Å². The van der Waals surface area contributed by atoms with Crippen molar-refractivity contribution < 1.29 is 19.5 Å². The van der Waals surface area contributed by atoms with Crippen LogP contribution in [0.4, 0.5) is 0 Å². The molecule has 19 heavy (non-hydrogen) atoms. The summed E-state index contributed by atoms with van der Waals surface area (Å²) in [6, 6.07) is -0.251. The lowest BCUT2D eigenvalue weighted by atomic mass is 9.84. The highest BCUT2D eigenvalue weighted by molar-refractivity contribution is 5.89. The molecule has 0 aromatic rings. The number of carboxylic acid groups (broad SMARTS) is 1. The van der Waals surface area contributed by atoms with E-state index < -0.39 is 11.9 Å². The SMILES string of the molecule is O=C1CC(C(=O)NC2C3CCC(C3)C2C(=O)O)CN1. The van der Waals surface area contributed by atoms with Crippen molar-refractivity contribution in [1.29, 1.82) is 0 Å². The van der Waals surface area contributed by atoms with Gasteiger partial charge in [0.1, 0.15) is 0 Å². The first-order valence-corrected chi connectivity index (χ1v) is 6.86. The summed E-state index contributed by atoms with van der Waals surface area (Å²) in [5.74, 6) is -1.40. The zero-order valence-electron chi connectivity index (χ0n) is 10.6. The number of nitrogens with one attached hydrogen (secondary N) is 2. The fourth-order valence-corrected chi connectivity index (χ4v) is 3.93. The third-order valence-electron chi connectivity index (χ3n) is 4.86. The number of hydrogen-bond acceptors (Lipinski definition) is 3. The van der Waals surface area contributed by atoms with Gasteiger partial charge in [-0.3, -0.25) is 14.4 Å². The van der Waals surface area contributed by atoms with Crippen LogP contribution in [0.5, 0.6) is 0 Å². The maximum absolute atomic E-state index is 12.1. The first-order valence-electron chi connectivity index (χ1n) is 6.86. The second-order valence-electron chi connectivity index (χ2n) is 5.94. The Balaban J connectivity index is 1.67. The molecule has 5 unspecified atom stereocenters. The van der Waals surface area contributed by atoms with E-state index in [1.54, 1.807) is 0 Å². The molecule has 3 N–H and O–H groups in total. The van der Waals surface area contributed by atoms with Gasteiger partial charge in [-0.05, 0) is 31.1 Å². The van der Waals surface area contributed by atoms with Crippen LogP contribution in [-0.2, 0) is 14.4 Å². The Bertz CT molecular complexity index is 436. The zero-order chi connectivity index (χ0) is 13.6. The number of amides is 2. The van der Waals surface area contributed by atoms with E-state index in [-0.39, 0.29) is 36.1 Å². The van der Waals surface area contributed by atoms with E-state index in [9.17, 15) is 19.5 Å². The molecule has 0 aromatic carbocycles. The van der Waals surface area contributed by atoms with E-state index in [1.807, 2.05) is 0 Å². The quantitative estimate of drug-likeness (QED) is 0.655. The third kappa shape index (κ3) is 2.09. The van der Waals surface area contributed by atoms with E-state index in [1.165, 1.54) is 0 Å². The van der Waals surface area contributed by atoms with Gasteiger partial charge in [0.2, 0.25) is 11.8 Å². The highest BCUT2D eigenvalue weighted by Crippen LogP contribution is 2.48. The normalized spacial score (nSPS) is 40.2. The zero-order valence-corrected chi connectivity index (χ0v) is 10.6. The van der Waals surface area contributed by atoms with Gasteiger partial charge in [0.25, 0.3) is 0 Å². The van der Waals surface area contributed by atoms with E-state index >= 15 is 0 Å². The van der Waals surface area contributed by atoms with Gasteiger partial charge >= 0.3 is 5.97 Å². The monoisotopic (exact) mass is 266 g/mol. The van der Waals surface area contributed by atoms with Crippen molar-refractivity contribution >= 4 is 17.8 Å². The van der Waals surface area contributed by atoms with Crippen LogP contribution in [0.2, 0.25) is 0 Å². The molecule has 2 bridgehead atoms. The summed E-state index contributed by atoms with van der Waals surface area (Å²) in [5.41, 5.74) is 0. The van der Waals surface area contributed by atoms with Crippen molar-refractivity contribution in [2.24, 2.45) is 23.7 Å². The van der Waals surface area contributed by atoms with Crippen molar-refractivity contribution in [3.63, 3.8) is 0 Å². The predicted molar refractivity (Wildman–Crippen MR) is 65.0 cm³/mol. The molecule has 3 fully saturated rings. The lowest BCUT2D eigenvalue weighted by Crippen LogP contribution is -2.48. The van der Waals surface area contributed by atoms with Crippen molar-refractivity contribution in [3.8, 4) is 0 Å². The summed E-state index contributed by atoms with van der Waals surface area (Å²) in [5, 5.41) is 14.8. The lowest BCUT2D eigenvalue weighted by Gasteiger charge is -2.29. The molecular weight excluding hydrogens is 248 g/mol. The molecule has 6 heteroatoms. The third-order valence-corrected chi connectivity index (χ3v) is 4.86. The van der Waals surface area contributed by atoms with Crippen molar-refractivity contribution in [2.75, 3.05) is 6.54 Å². The summed E-state index contributed by atoms with van der Waals surface area (Å²) in [7, 11) is 0. The maximum atomic E-state index is 12.1. The average molecular weight is 266 g/mol. The minimum atomic E-state index is -0.807. The Hall–Kier alpha value is -1.59. The van der Waals surface area contributed by atoms with Crippen LogP contribution in [0.25, 0.3) is 0 Å². The van der Waals surface area contributed by atoms with Crippen LogP contribution in [0.3, 0.4) is 0 Å². The molecule has 0 aromatic heterocycles. The maximum Gasteiger partial charge on any atom is 0.308 e. The molecule has 2 saturated carbocycles. The molecule has 1 aliphatic heterocycles. The smallest absolute Gasteiger partial charge is 0.308 e. The van der Waals surface area contributed by atoms with Crippen LogP contribution in [-0.4, -0.2) is 35.5 Å². The fourth-order valence-electron chi connectivity index (χ4n) is 3.93. The van der Waals surface area contributed by atoms with Crippen LogP contribution in [0, 0.1) is 23.7 Å². The van der Waals surface area contributed by atoms with Crippen LogP contribution in [0.15, 0.2) is 0 Å². The number of hydrogen-bond donors (Lipinski definition) is 3. The number of rotatable bonds is 3. The second kappa shape index (κ2) is 4.51. The Kier molecular flexibility index (Phi) is 2.95. The van der Waals surface area contributed by atoms with Crippen LogP contribution >= 0.6 is 0 Å². The fraction of sp³-hybridized carbons (Fsp3) is 0.769. The number of carbonyl (C=O) groups excluding carboxylic acids is 2. The molecule has 3 rings (SSSR count). The molecule has 0 spiro atoms. The van der Waals surface area contributed by atoms with Gasteiger partial charge in [0.15, 0.2) is 0 Å². The summed E-state index contributed by atoms with van der Waals surface area (Å²) in [4.78, 5) is 34.5. The molecule has 104 valence electrons. The van der Waals surface area contributed by atoms with Gasteiger partial charge in [0, 0.05) is 19.0 Å². The van der Waals surface area contributed by atoms with E-state index in [2.05, 4.69) is 10.6 Å². The van der Waals surface area contributed by atoms with E-state index in [0.29, 0.717) is 12.5 Å². The molecule has 6 nitrogen and oxygen atoms in total. The van der Waals surface area contributed by atoms with Gasteiger partial charge in [0.05, 0.1) is 11.8 Å². The number of fused-ring (bicyclic) bond motifs is 2. The highest BCUT2D eigenvalue weighted by atomic mass is 16.4. The average Bonchev–Trinajstić information content (AvgIpc) is 3.03. The Morgan fingerprint density at radius 3 is 2.63 bits per heavy atom. The molecule has 2 aliphatic carbocycles. The minimum absolute atomic E-state index is 0.108. The Labute approximate surface area is 110 Å². The topological polar surface area (TPSA) is 95.5 Å². The first kappa shape index (κ1) is 12.4. The number of carbonyl (C=O) groups is 3.